The van der Waals surface area contributed by atoms with Crippen molar-refractivity contribution in [3.05, 3.63) is 18.0 Å². The third kappa shape index (κ3) is 4.47. The molecule has 1 saturated carbocycles. The van der Waals surface area contributed by atoms with Crippen molar-refractivity contribution in [2.75, 3.05) is 26.3 Å². The van der Waals surface area contributed by atoms with Crippen molar-refractivity contribution in [3.8, 4) is 0 Å². The first-order valence-electron chi connectivity index (χ1n) is 9.53. The minimum atomic E-state index is -3.59. The Kier molecular flexibility index (Phi) is 6.37. The normalized spacial score (nSPS) is 21.1. The largest absolute Gasteiger partial charge is 0.379 e. The molecule has 1 N–H and O–H groups in total. The second-order valence-corrected chi connectivity index (χ2v) is 9.14. The van der Waals surface area contributed by atoms with Crippen molar-refractivity contribution in [2.24, 2.45) is 7.05 Å². The molecule has 1 aliphatic heterocycles. The lowest BCUT2D eigenvalue weighted by atomic mass is 9.96. The Labute approximate surface area is 155 Å². The highest BCUT2D eigenvalue weighted by Gasteiger charge is 2.29. The van der Waals surface area contributed by atoms with Crippen LogP contribution in [0.3, 0.4) is 0 Å². The van der Waals surface area contributed by atoms with Gasteiger partial charge < -0.3 is 14.6 Å². The van der Waals surface area contributed by atoms with Crippen molar-refractivity contribution < 1.29 is 17.9 Å². The Bertz CT molecular complexity index is 715. The molecule has 1 aromatic rings. The molecule has 1 aliphatic carbocycles. The van der Waals surface area contributed by atoms with E-state index < -0.39 is 10.0 Å². The second kappa shape index (κ2) is 8.54. The molecule has 1 amide bonds. The summed E-state index contributed by atoms with van der Waals surface area (Å²) in [5.41, 5.74) is 0.388. The van der Waals surface area contributed by atoms with Crippen molar-refractivity contribution in [1.29, 1.82) is 0 Å². The smallest absolute Gasteiger partial charge is 0.268 e. The van der Waals surface area contributed by atoms with Crippen LogP contribution in [0.4, 0.5) is 0 Å². The first-order valence-corrected chi connectivity index (χ1v) is 11.0. The molecule has 146 valence electrons. The van der Waals surface area contributed by atoms with Gasteiger partial charge in [0.2, 0.25) is 10.0 Å². The summed E-state index contributed by atoms with van der Waals surface area (Å²) < 4.78 is 33.8. The van der Waals surface area contributed by atoms with E-state index in [0.717, 1.165) is 25.7 Å². The molecule has 26 heavy (non-hydrogen) atoms. The van der Waals surface area contributed by atoms with E-state index >= 15 is 0 Å². The lowest BCUT2D eigenvalue weighted by molar-refractivity contribution is 0.0730. The van der Waals surface area contributed by atoms with Gasteiger partial charge in [-0.15, -0.1) is 0 Å². The van der Waals surface area contributed by atoms with Crippen LogP contribution >= 0.6 is 0 Å². The molecule has 2 aliphatic rings. The van der Waals surface area contributed by atoms with Crippen molar-refractivity contribution in [2.45, 2.75) is 55.9 Å². The SMILES string of the molecule is Cn1cc(S(=O)(=O)N2CCOCC2)cc1C(=O)NC1CCCCCCC1. The van der Waals surface area contributed by atoms with E-state index in [9.17, 15) is 13.2 Å². The van der Waals surface area contributed by atoms with Gasteiger partial charge in [0.25, 0.3) is 5.91 Å². The lowest BCUT2D eigenvalue weighted by Crippen LogP contribution is -2.40. The van der Waals surface area contributed by atoms with E-state index in [0.29, 0.717) is 32.0 Å². The van der Waals surface area contributed by atoms with Gasteiger partial charge in [0.05, 0.1) is 13.2 Å². The molecule has 0 spiro atoms. The molecule has 7 nitrogen and oxygen atoms in total. The number of rotatable bonds is 4. The highest BCUT2D eigenvalue weighted by molar-refractivity contribution is 7.89. The Morgan fingerprint density at radius 3 is 2.38 bits per heavy atom. The molecule has 0 radical (unpaired) electrons. The maximum absolute atomic E-state index is 12.8. The average molecular weight is 384 g/mol. The van der Waals surface area contributed by atoms with Gasteiger partial charge in [-0.25, -0.2) is 8.42 Å². The van der Waals surface area contributed by atoms with Gasteiger partial charge >= 0.3 is 0 Å². The number of ether oxygens (including phenoxy) is 1. The molecule has 2 fully saturated rings. The van der Waals surface area contributed by atoms with Gasteiger partial charge in [-0.05, 0) is 18.9 Å². The molecule has 0 atom stereocenters. The van der Waals surface area contributed by atoms with Crippen LogP contribution in [0, 0.1) is 0 Å². The first kappa shape index (κ1) is 19.4. The molecule has 2 heterocycles. The number of hydrogen-bond donors (Lipinski definition) is 1. The standard InChI is InChI=1S/C18H29N3O4S/c1-20-14-16(26(23,24)21-9-11-25-12-10-21)13-17(20)18(22)19-15-7-5-3-2-4-6-8-15/h13-15H,2-12H2,1H3,(H,19,22). The van der Waals surface area contributed by atoms with Gasteiger partial charge in [0, 0.05) is 32.4 Å². The number of carbonyl (C=O) groups excluding carboxylic acids is 1. The van der Waals surface area contributed by atoms with Gasteiger partial charge in [0.15, 0.2) is 0 Å². The van der Waals surface area contributed by atoms with Crippen molar-refractivity contribution in [1.82, 2.24) is 14.2 Å². The third-order valence-electron chi connectivity index (χ3n) is 5.26. The molecule has 0 bridgehead atoms. The number of nitrogens with one attached hydrogen (secondary N) is 1. The summed E-state index contributed by atoms with van der Waals surface area (Å²) in [6.45, 7) is 1.50. The Hall–Kier alpha value is -1.38. The third-order valence-corrected chi connectivity index (χ3v) is 7.12. The van der Waals surface area contributed by atoms with E-state index in [1.165, 1.54) is 35.8 Å². The summed E-state index contributed by atoms with van der Waals surface area (Å²) in [4.78, 5) is 12.9. The number of nitrogens with zero attached hydrogens (tertiary/aromatic N) is 2. The van der Waals surface area contributed by atoms with Gasteiger partial charge in [-0.2, -0.15) is 4.31 Å². The van der Waals surface area contributed by atoms with Crippen LogP contribution in [0.15, 0.2) is 17.2 Å². The van der Waals surface area contributed by atoms with Crippen molar-refractivity contribution in [3.63, 3.8) is 0 Å². The fourth-order valence-electron chi connectivity index (χ4n) is 3.70. The van der Waals surface area contributed by atoms with E-state index in [2.05, 4.69) is 5.32 Å². The zero-order valence-electron chi connectivity index (χ0n) is 15.4. The number of hydrogen-bond acceptors (Lipinski definition) is 4. The predicted octanol–water partition coefficient (Wildman–Crippen LogP) is 1.89. The first-order chi connectivity index (χ1) is 12.5. The van der Waals surface area contributed by atoms with E-state index in [-0.39, 0.29) is 16.8 Å². The van der Waals surface area contributed by atoms with E-state index in [4.69, 9.17) is 4.74 Å². The summed E-state index contributed by atoms with van der Waals surface area (Å²) in [6, 6.07) is 1.67. The van der Waals surface area contributed by atoms with E-state index in [1.54, 1.807) is 11.6 Å². The zero-order chi connectivity index (χ0) is 18.6. The Morgan fingerprint density at radius 2 is 1.73 bits per heavy atom. The summed E-state index contributed by atoms with van der Waals surface area (Å²) in [5.74, 6) is -0.193. The number of amides is 1. The molecule has 8 heteroatoms. The van der Waals surface area contributed by atoms with Crippen LogP contribution in [0.5, 0.6) is 0 Å². The molecule has 3 rings (SSSR count). The average Bonchev–Trinajstić information content (AvgIpc) is 3.00. The maximum atomic E-state index is 12.8. The summed E-state index contributed by atoms with van der Waals surface area (Å²) >= 11 is 0. The minimum absolute atomic E-state index is 0.171. The minimum Gasteiger partial charge on any atom is -0.379 e. The summed E-state index contributed by atoms with van der Waals surface area (Å²) in [7, 11) is -1.87. The number of sulfonamides is 1. The van der Waals surface area contributed by atoms with Crippen LogP contribution in [0.25, 0.3) is 0 Å². The highest BCUT2D eigenvalue weighted by Crippen LogP contribution is 2.21. The molecule has 0 aromatic carbocycles. The topological polar surface area (TPSA) is 80.6 Å². The summed E-state index contributed by atoms with van der Waals surface area (Å²) in [6.07, 6.45) is 9.50. The Balaban J connectivity index is 1.71. The lowest BCUT2D eigenvalue weighted by Gasteiger charge is -2.25. The quantitative estimate of drug-likeness (QED) is 0.861. The van der Waals surface area contributed by atoms with Crippen molar-refractivity contribution >= 4 is 15.9 Å². The van der Waals surface area contributed by atoms with Crippen LogP contribution < -0.4 is 5.32 Å². The number of carbonyl (C=O) groups is 1. The van der Waals surface area contributed by atoms with E-state index in [1.807, 2.05) is 0 Å². The highest BCUT2D eigenvalue weighted by atomic mass is 32.2. The molecular weight excluding hydrogens is 354 g/mol. The zero-order valence-corrected chi connectivity index (χ0v) is 16.3. The molecule has 1 saturated heterocycles. The van der Waals surface area contributed by atoms with Crippen LogP contribution in [0.1, 0.15) is 55.4 Å². The number of morpholine rings is 1. The van der Waals surface area contributed by atoms with Gasteiger partial charge in [-0.1, -0.05) is 32.1 Å². The monoisotopic (exact) mass is 383 g/mol. The fourth-order valence-corrected chi connectivity index (χ4v) is 5.18. The van der Waals surface area contributed by atoms with Crippen LogP contribution in [-0.4, -0.2) is 55.5 Å². The Morgan fingerprint density at radius 1 is 1.12 bits per heavy atom. The second-order valence-electron chi connectivity index (χ2n) is 7.20. The number of aromatic nitrogens is 1. The molecule has 0 unspecified atom stereocenters. The van der Waals surface area contributed by atoms with Crippen LogP contribution in [-0.2, 0) is 21.8 Å². The molecule has 1 aromatic heterocycles. The van der Waals surface area contributed by atoms with Gasteiger partial charge in [0.1, 0.15) is 10.6 Å². The van der Waals surface area contributed by atoms with Gasteiger partial charge in [-0.3, -0.25) is 4.79 Å². The number of aryl methyl sites for hydroxylation is 1. The fraction of sp³-hybridized carbons (Fsp3) is 0.722. The summed E-state index contributed by atoms with van der Waals surface area (Å²) in [5, 5.41) is 3.10. The maximum Gasteiger partial charge on any atom is 0.268 e. The predicted molar refractivity (Wildman–Crippen MR) is 98.6 cm³/mol. The van der Waals surface area contributed by atoms with Crippen LogP contribution in [0.2, 0.25) is 0 Å². The molecular formula is C18H29N3O4S.